The molecule has 6 nitrogen and oxygen atoms in total. The fourth-order valence-corrected chi connectivity index (χ4v) is 6.54. The number of likely N-dealkylation sites (tertiary alicyclic amines) is 1. The van der Waals surface area contributed by atoms with E-state index >= 15 is 0 Å². The van der Waals surface area contributed by atoms with Gasteiger partial charge in [0, 0.05) is 30.1 Å². The van der Waals surface area contributed by atoms with Crippen LogP contribution in [0.5, 0.6) is 5.75 Å². The number of benzene rings is 1. The van der Waals surface area contributed by atoms with Crippen LogP contribution in [0.4, 0.5) is 9.52 Å². The molecule has 0 bridgehead atoms. The SMILES string of the molecule is Fc1cccc(C2CCN([C@@H]3CCC4(C3)CN(c3nncs3)C4)CC2)c1OC1COC1. The molecule has 1 atom stereocenters. The Bertz CT molecular complexity index is 908. The van der Waals surface area contributed by atoms with Gasteiger partial charge in [-0.15, -0.1) is 10.2 Å². The van der Waals surface area contributed by atoms with E-state index in [0.29, 0.717) is 36.3 Å². The van der Waals surface area contributed by atoms with Crippen LogP contribution in [0.15, 0.2) is 23.7 Å². The summed E-state index contributed by atoms with van der Waals surface area (Å²) in [5.74, 6) is 0.588. The van der Waals surface area contributed by atoms with Gasteiger partial charge in [0.05, 0.1) is 13.2 Å². The quantitative estimate of drug-likeness (QED) is 0.701. The van der Waals surface area contributed by atoms with Crippen molar-refractivity contribution in [1.82, 2.24) is 15.1 Å². The number of ether oxygens (including phenoxy) is 2. The molecule has 4 aliphatic rings. The van der Waals surface area contributed by atoms with E-state index < -0.39 is 0 Å². The van der Waals surface area contributed by atoms with Gasteiger partial charge in [-0.25, -0.2) is 4.39 Å². The highest BCUT2D eigenvalue weighted by Crippen LogP contribution is 2.49. The van der Waals surface area contributed by atoms with E-state index in [1.807, 2.05) is 11.6 Å². The lowest BCUT2D eigenvalue weighted by Gasteiger charge is -2.48. The second-order valence-corrected chi connectivity index (χ2v) is 10.5. The van der Waals surface area contributed by atoms with Crippen LogP contribution < -0.4 is 9.64 Å². The van der Waals surface area contributed by atoms with Gasteiger partial charge in [0.15, 0.2) is 11.6 Å². The fourth-order valence-electron chi connectivity index (χ4n) is 5.98. The van der Waals surface area contributed by atoms with Crippen LogP contribution in [-0.4, -0.2) is 66.6 Å². The Morgan fingerprint density at radius 2 is 2.00 bits per heavy atom. The molecule has 1 aliphatic carbocycles. The lowest BCUT2D eigenvalue weighted by atomic mass is 9.78. The summed E-state index contributed by atoms with van der Waals surface area (Å²) in [4.78, 5) is 5.07. The van der Waals surface area contributed by atoms with Crippen molar-refractivity contribution in [2.45, 2.75) is 50.2 Å². The van der Waals surface area contributed by atoms with Crippen molar-refractivity contribution >= 4 is 16.5 Å². The van der Waals surface area contributed by atoms with Gasteiger partial charge in [0.1, 0.15) is 11.6 Å². The summed E-state index contributed by atoms with van der Waals surface area (Å²) in [5, 5.41) is 9.26. The molecule has 166 valence electrons. The van der Waals surface area contributed by atoms with Crippen molar-refractivity contribution in [3.05, 3.63) is 35.1 Å². The van der Waals surface area contributed by atoms with Crippen LogP contribution in [-0.2, 0) is 4.74 Å². The summed E-state index contributed by atoms with van der Waals surface area (Å²) in [5.41, 5.74) is 3.33. The number of halogens is 1. The predicted molar refractivity (Wildman–Crippen MR) is 117 cm³/mol. The van der Waals surface area contributed by atoms with Crippen LogP contribution in [0.2, 0.25) is 0 Å². The van der Waals surface area contributed by atoms with Crippen LogP contribution in [0.1, 0.15) is 43.6 Å². The molecular formula is C23H29FN4O2S. The van der Waals surface area contributed by atoms with Gasteiger partial charge in [0.25, 0.3) is 0 Å². The van der Waals surface area contributed by atoms with Crippen molar-refractivity contribution in [2.24, 2.45) is 5.41 Å². The molecule has 31 heavy (non-hydrogen) atoms. The van der Waals surface area contributed by atoms with Gasteiger partial charge in [0.2, 0.25) is 5.13 Å². The Hall–Kier alpha value is -1.77. The average molecular weight is 445 g/mol. The maximum atomic E-state index is 14.5. The molecular weight excluding hydrogens is 415 g/mol. The number of hydrogen-bond acceptors (Lipinski definition) is 7. The van der Waals surface area contributed by atoms with Crippen LogP contribution in [0, 0.1) is 11.2 Å². The lowest BCUT2D eigenvalue weighted by molar-refractivity contribution is -0.0814. The third kappa shape index (κ3) is 3.72. The van der Waals surface area contributed by atoms with E-state index in [-0.39, 0.29) is 11.9 Å². The highest BCUT2D eigenvalue weighted by atomic mass is 32.1. The van der Waals surface area contributed by atoms with Crippen molar-refractivity contribution in [3.8, 4) is 5.75 Å². The van der Waals surface area contributed by atoms with E-state index in [2.05, 4.69) is 26.1 Å². The molecule has 1 aromatic carbocycles. The number of piperidine rings is 1. The first-order chi connectivity index (χ1) is 15.2. The first kappa shape index (κ1) is 19.9. The minimum Gasteiger partial charge on any atom is -0.482 e. The summed E-state index contributed by atoms with van der Waals surface area (Å²) in [7, 11) is 0. The van der Waals surface area contributed by atoms with Crippen LogP contribution in [0.3, 0.4) is 0 Å². The second-order valence-electron chi connectivity index (χ2n) is 9.72. The van der Waals surface area contributed by atoms with E-state index in [1.165, 1.54) is 25.3 Å². The second kappa shape index (κ2) is 7.98. The average Bonchev–Trinajstić information content (AvgIpc) is 3.40. The zero-order valence-corrected chi connectivity index (χ0v) is 18.5. The summed E-state index contributed by atoms with van der Waals surface area (Å²) in [6, 6.07) is 6.07. The molecule has 1 spiro atoms. The normalized spacial score (nSPS) is 26.7. The minimum absolute atomic E-state index is 0.00683. The maximum Gasteiger partial charge on any atom is 0.208 e. The van der Waals surface area contributed by atoms with Gasteiger partial charge >= 0.3 is 0 Å². The molecule has 2 aromatic rings. The summed E-state index contributed by atoms with van der Waals surface area (Å²) >= 11 is 1.64. The molecule has 0 unspecified atom stereocenters. The van der Waals surface area contributed by atoms with Gasteiger partial charge in [-0.1, -0.05) is 23.5 Å². The molecule has 1 aromatic heterocycles. The number of anilines is 1. The number of nitrogens with zero attached hydrogens (tertiary/aromatic N) is 4. The summed E-state index contributed by atoms with van der Waals surface area (Å²) in [6.07, 6.45) is 6.04. The minimum atomic E-state index is -0.241. The monoisotopic (exact) mass is 444 g/mol. The maximum absolute atomic E-state index is 14.5. The zero-order chi connectivity index (χ0) is 20.8. The molecule has 0 amide bonds. The lowest BCUT2D eigenvalue weighted by Crippen LogP contribution is -2.56. The van der Waals surface area contributed by atoms with Crippen LogP contribution in [0.25, 0.3) is 0 Å². The van der Waals surface area contributed by atoms with E-state index in [4.69, 9.17) is 9.47 Å². The molecule has 4 fully saturated rings. The molecule has 0 radical (unpaired) electrons. The van der Waals surface area contributed by atoms with Gasteiger partial charge < -0.3 is 19.3 Å². The van der Waals surface area contributed by atoms with Gasteiger partial charge in [-0.3, -0.25) is 0 Å². The highest BCUT2D eigenvalue weighted by Gasteiger charge is 2.50. The van der Waals surface area contributed by atoms with E-state index in [0.717, 1.165) is 49.7 Å². The smallest absolute Gasteiger partial charge is 0.208 e. The molecule has 4 heterocycles. The number of rotatable bonds is 5. The van der Waals surface area contributed by atoms with Gasteiger partial charge in [-0.2, -0.15) is 0 Å². The molecule has 6 rings (SSSR count). The first-order valence-electron chi connectivity index (χ1n) is 11.5. The number of para-hydroxylation sites is 1. The summed E-state index contributed by atoms with van der Waals surface area (Å²) in [6.45, 7) is 5.56. The third-order valence-corrected chi connectivity index (χ3v) is 8.47. The van der Waals surface area contributed by atoms with Crippen molar-refractivity contribution in [2.75, 3.05) is 44.3 Å². The van der Waals surface area contributed by atoms with Gasteiger partial charge in [-0.05, 0) is 57.2 Å². The third-order valence-electron chi connectivity index (χ3n) is 7.72. The van der Waals surface area contributed by atoms with Crippen LogP contribution >= 0.6 is 11.3 Å². The zero-order valence-electron chi connectivity index (χ0n) is 17.7. The standard InChI is InChI=1S/C23H29FN4O2S/c24-20-3-1-2-19(21(20)30-18-11-29-12-18)16-5-8-27(9-6-16)17-4-7-23(10-17)13-28(14-23)22-26-25-15-31-22/h1-3,15-18H,4-14H2/t17-/m1/s1. The Morgan fingerprint density at radius 3 is 2.71 bits per heavy atom. The van der Waals surface area contributed by atoms with E-state index in [9.17, 15) is 4.39 Å². The topological polar surface area (TPSA) is 50.7 Å². The molecule has 8 heteroatoms. The van der Waals surface area contributed by atoms with Crippen molar-refractivity contribution < 1.29 is 13.9 Å². The Labute approximate surface area is 186 Å². The predicted octanol–water partition coefficient (Wildman–Crippen LogP) is 3.69. The molecule has 3 saturated heterocycles. The Morgan fingerprint density at radius 1 is 1.16 bits per heavy atom. The highest BCUT2D eigenvalue weighted by molar-refractivity contribution is 7.13. The Balaban J connectivity index is 1.05. The Kier molecular flexibility index (Phi) is 5.11. The molecule has 3 aliphatic heterocycles. The number of aromatic nitrogens is 2. The largest absolute Gasteiger partial charge is 0.482 e. The fraction of sp³-hybridized carbons (Fsp3) is 0.652. The molecule has 0 N–H and O–H groups in total. The van der Waals surface area contributed by atoms with Crippen molar-refractivity contribution in [3.63, 3.8) is 0 Å². The first-order valence-corrected chi connectivity index (χ1v) is 12.4. The summed E-state index contributed by atoms with van der Waals surface area (Å²) < 4.78 is 25.7. The molecule has 1 saturated carbocycles. The van der Waals surface area contributed by atoms with Crippen molar-refractivity contribution in [1.29, 1.82) is 0 Å². The van der Waals surface area contributed by atoms with E-state index in [1.54, 1.807) is 11.3 Å². The number of hydrogen-bond donors (Lipinski definition) is 0.